The number of para-hydroxylation sites is 1. The Morgan fingerprint density at radius 1 is 1.12 bits per heavy atom. The summed E-state index contributed by atoms with van der Waals surface area (Å²) in [6.45, 7) is 0.569. The van der Waals surface area contributed by atoms with E-state index in [2.05, 4.69) is 5.32 Å². The lowest BCUT2D eigenvalue weighted by Crippen LogP contribution is -2.06. The van der Waals surface area contributed by atoms with Gasteiger partial charge >= 0.3 is 0 Å². The smallest absolute Gasteiger partial charge is 0.132 e. The molecule has 0 aliphatic heterocycles. The summed E-state index contributed by atoms with van der Waals surface area (Å²) in [5, 5.41) is 2.99. The Balaban J connectivity index is 2.26. The zero-order valence-electron chi connectivity index (χ0n) is 9.61. The molecule has 0 amide bonds. The molecule has 2 nitrogen and oxygen atoms in total. The van der Waals surface area contributed by atoms with Gasteiger partial charge in [0, 0.05) is 12.1 Å². The summed E-state index contributed by atoms with van der Waals surface area (Å²) in [6, 6.07) is 14.0. The zero-order chi connectivity index (χ0) is 12.1. The number of hydrogen-bond donors (Lipinski definition) is 1. The van der Waals surface area contributed by atoms with Crippen LogP contribution in [0.25, 0.3) is 0 Å². The highest BCUT2D eigenvalue weighted by atomic mass is 19.1. The van der Waals surface area contributed by atoms with Crippen LogP contribution >= 0.6 is 0 Å². The van der Waals surface area contributed by atoms with Gasteiger partial charge in [-0.2, -0.15) is 0 Å². The van der Waals surface area contributed by atoms with Gasteiger partial charge in [-0.15, -0.1) is 0 Å². The molecule has 0 atom stereocenters. The predicted octanol–water partition coefficient (Wildman–Crippen LogP) is 3.34. The maximum atomic E-state index is 13.1. The molecule has 0 saturated carbocycles. The quantitative estimate of drug-likeness (QED) is 0.871. The molecule has 0 bridgehead atoms. The summed E-state index contributed by atoms with van der Waals surface area (Å²) in [5.41, 5.74) is 0.802. The maximum Gasteiger partial charge on any atom is 0.132 e. The van der Waals surface area contributed by atoms with E-state index in [0.29, 0.717) is 12.3 Å². The minimum Gasteiger partial charge on any atom is -0.457 e. The van der Waals surface area contributed by atoms with Crippen LogP contribution in [-0.2, 0) is 6.54 Å². The molecule has 17 heavy (non-hydrogen) atoms. The average molecular weight is 231 g/mol. The summed E-state index contributed by atoms with van der Waals surface area (Å²) in [5.74, 6) is 1.17. The number of rotatable bonds is 4. The fraction of sp³-hybridized carbons (Fsp3) is 0.143. The Hall–Kier alpha value is -1.87. The molecule has 0 aromatic heterocycles. The first kappa shape index (κ1) is 11.6. The molecule has 2 aromatic rings. The van der Waals surface area contributed by atoms with Gasteiger partial charge in [-0.05, 0) is 37.4 Å². The van der Waals surface area contributed by atoms with E-state index < -0.39 is 0 Å². The molecule has 0 spiro atoms. The van der Waals surface area contributed by atoms with Crippen LogP contribution in [0.3, 0.4) is 0 Å². The van der Waals surface area contributed by atoms with Crippen LogP contribution in [0, 0.1) is 5.82 Å². The van der Waals surface area contributed by atoms with Crippen LogP contribution < -0.4 is 10.1 Å². The van der Waals surface area contributed by atoms with E-state index in [-0.39, 0.29) is 5.82 Å². The number of ether oxygens (including phenoxy) is 1. The Bertz CT molecular complexity index is 485. The summed E-state index contributed by atoms with van der Waals surface area (Å²) in [4.78, 5) is 0. The maximum absolute atomic E-state index is 13.1. The van der Waals surface area contributed by atoms with Crippen molar-refractivity contribution in [1.29, 1.82) is 0 Å². The van der Waals surface area contributed by atoms with E-state index in [1.807, 2.05) is 37.4 Å². The van der Waals surface area contributed by atoms with Crippen LogP contribution in [0.4, 0.5) is 4.39 Å². The van der Waals surface area contributed by atoms with Gasteiger partial charge in [0.2, 0.25) is 0 Å². The summed E-state index contributed by atoms with van der Waals surface area (Å²) in [6.07, 6.45) is 0. The van der Waals surface area contributed by atoms with E-state index in [9.17, 15) is 4.39 Å². The standard InChI is InChI=1S/C14H14FNO/c1-16-10-11-9-12(15)7-8-14(11)17-13-5-3-2-4-6-13/h2-9,16H,10H2,1H3. The fourth-order valence-corrected chi connectivity index (χ4v) is 1.59. The molecule has 2 aromatic carbocycles. The van der Waals surface area contributed by atoms with Gasteiger partial charge in [-0.3, -0.25) is 0 Å². The van der Waals surface area contributed by atoms with E-state index in [0.717, 1.165) is 11.3 Å². The van der Waals surface area contributed by atoms with Crippen molar-refractivity contribution in [2.75, 3.05) is 7.05 Å². The molecule has 3 heteroatoms. The van der Waals surface area contributed by atoms with Crippen molar-refractivity contribution in [3.05, 3.63) is 59.9 Å². The first-order valence-corrected chi connectivity index (χ1v) is 5.45. The second-order valence-electron chi connectivity index (χ2n) is 3.70. The lowest BCUT2D eigenvalue weighted by atomic mass is 10.2. The molecule has 0 unspecified atom stereocenters. The number of halogens is 1. The van der Waals surface area contributed by atoms with Crippen molar-refractivity contribution < 1.29 is 9.13 Å². The van der Waals surface area contributed by atoms with Crippen LogP contribution in [-0.4, -0.2) is 7.05 Å². The third-order valence-corrected chi connectivity index (χ3v) is 2.36. The fourth-order valence-electron chi connectivity index (χ4n) is 1.59. The predicted molar refractivity (Wildman–Crippen MR) is 65.7 cm³/mol. The van der Waals surface area contributed by atoms with E-state index in [1.54, 1.807) is 6.07 Å². The third kappa shape index (κ3) is 3.04. The number of benzene rings is 2. The highest BCUT2D eigenvalue weighted by Crippen LogP contribution is 2.25. The SMILES string of the molecule is CNCc1cc(F)ccc1Oc1ccccc1. The largest absolute Gasteiger partial charge is 0.457 e. The summed E-state index contributed by atoms with van der Waals surface area (Å²) >= 11 is 0. The van der Waals surface area contributed by atoms with Gasteiger partial charge in [0.05, 0.1) is 0 Å². The normalized spacial score (nSPS) is 10.2. The highest BCUT2D eigenvalue weighted by Gasteiger charge is 2.05. The molecule has 0 radical (unpaired) electrons. The first-order chi connectivity index (χ1) is 8.29. The molecule has 0 saturated heterocycles. The zero-order valence-corrected chi connectivity index (χ0v) is 9.61. The van der Waals surface area contributed by atoms with Crippen molar-refractivity contribution in [3.8, 4) is 11.5 Å². The highest BCUT2D eigenvalue weighted by molar-refractivity contribution is 5.38. The molecule has 0 aliphatic rings. The van der Waals surface area contributed by atoms with Gasteiger partial charge in [-0.25, -0.2) is 4.39 Å². The summed E-state index contributed by atoms with van der Waals surface area (Å²) in [7, 11) is 1.82. The van der Waals surface area contributed by atoms with Crippen LogP contribution in [0.1, 0.15) is 5.56 Å². The van der Waals surface area contributed by atoms with Crippen LogP contribution in [0.2, 0.25) is 0 Å². The van der Waals surface area contributed by atoms with E-state index in [1.165, 1.54) is 12.1 Å². The molecular formula is C14H14FNO. The molecule has 0 fully saturated rings. The van der Waals surface area contributed by atoms with Crippen molar-refractivity contribution in [2.45, 2.75) is 6.54 Å². The topological polar surface area (TPSA) is 21.3 Å². The molecule has 0 aliphatic carbocycles. The summed E-state index contributed by atoms with van der Waals surface area (Å²) < 4.78 is 18.8. The van der Waals surface area contributed by atoms with Crippen LogP contribution in [0.5, 0.6) is 11.5 Å². The number of nitrogens with one attached hydrogen (secondary N) is 1. The van der Waals surface area contributed by atoms with Gasteiger partial charge in [-0.1, -0.05) is 18.2 Å². The minimum absolute atomic E-state index is 0.254. The monoisotopic (exact) mass is 231 g/mol. The average Bonchev–Trinajstić information content (AvgIpc) is 2.34. The Morgan fingerprint density at radius 2 is 1.88 bits per heavy atom. The van der Waals surface area contributed by atoms with Crippen molar-refractivity contribution in [2.24, 2.45) is 0 Å². The van der Waals surface area contributed by atoms with Crippen LogP contribution in [0.15, 0.2) is 48.5 Å². The molecule has 88 valence electrons. The van der Waals surface area contributed by atoms with Crippen molar-refractivity contribution in [3.63, 3.8) is 0 Å². The molecule has 1 N–H and O–H groups in total. The lowest BCUT2D eigenvalue weighted by Gasteiger charge is -2.10. The van der Waals surface area contributed by atoms with Gasteiger partial charge in [0.15, 0.2) is 0 Å². The van der Waals surface area contributed by atoms with Crippen molar-refractivity contribution >= 4 is 0 Å². The van der Waals surface area contributed by atoms with E-state index >= 15 is 0 Å². The molecule has 2 rings (SSSR count). The minimum atomic E-state index is -0.254. The van der Waals surface area contributed by atoms with Gasteiger partial charge in [0.25, 0.3) is 0 Å². The second kappa shape index (κ2) is 5.46. The third-order valence-electron chi connectivity index (χ3n) is 2.36. The Morgan fingerprint density at radius 3 is 2.59 bits per heavy atom. The Labute approximate surface area is 100 Å². The van der Waals surface area contributed by atoms with E-state index in [4.69, 9.17) is 4.74 Å². The molecular weight excluding hydrogens is 217 g/mol. The van der Waals surface area contributed by atoms with Gasteiger partial charge in [0.1, 0.15) is 17.3 Å². The second-order valence-corrected chi connectivity index (χ2v) is 3.70. The lowest BCUT2D eigenvalue weighted by molar-refractivity contribution is 0.471. The first-order valence-electron chi connectivity index (χ1n) is 5.45. The molecule has 0 heterocycles. The van der Waals surface area contributed by atoms with Crippen molar-refractivity contribution in [1.82, 2.24) is 5.32 Å². The number of hydrogen-bond acceptors (Lipinski definition) is 2. The van der Waals surface area contributed by atoms with Gasteiger partial charge < -0.3 is 10.1 Å². The Kier molecular flexibility index (Phi) is 3.73.